The van der Waals surface area contributed by atoms with E-state index < -0.39 is 16.1 Å². The van der Waals surface area contributed by atoms with Crippen molar-refractivity contribution in [3.63, 3.8) is 0 Å². The molecule has 2 aliphatic heterocycles. The molecule has 2 amide bonds. The van der Waals surface area contributed by atoms with Gasteiger partial charge in [0, 0.05) is 25.1 Å². The van der Waals surface area contributed by atoms with Gasteiger partial charge in [-0.15, -0.1) is 0 Å². The molecule has 4 rings (SSSR count). The van der Waals surface area contributed by atoms with Crippen LogP contribution < -0.4 is 24.8 Å². The minimum absolute atomic E-state index is 0.0636. The Labute approximate surface area is 198 Å². The Balaban J connectivity index is 1.42. The average Bonchev–Trinajstić information content (AvgIpc) is 2.84. The first-order chi connectivity index (χ1) is 16.2. The van der Waals surface area contributed by atoms with Gasteiger partial charge >= 0.3 is 0 Å². The number of ether oxygens (including phenoxy) is 3. The van der Waals surface area contributed by atoms with Gasteiger partial charge in [-0.1, -0.05) is 0 Å². The van der Waals surface area contributed by atoms with Gasteiger partial charge < -0.3 is 24.8 Å². The summed E-state index contributed by atoms with van der Waals surface area (Å²) in [6.45, 7) is 2.02. The highest BCUT2D eigenvalue weighted by Crippen LogP contribution is 2.34. The standard InChI is InChI=1S/C23H27N3O7S/c1-14-22(27)24-19-13-17(5-7-21(19)33-14)34(29,30)26-10-8-15(9-11-26)23(28)25-18-12-16(31-2)4-6-20(18)32-3/h4-7,12-15H,8-11H2,1-3H3,(H,24,27)(H,25,28)/t14-/m0/s1. The highest BCUT2D eigenvalue weighted by Gasteiger charge is 2.33. The number of sulfonamides is 1. The van der Waals surface area contributed by atoms with E-state index in [1.54, 1.807) is 31.2 Å². The molecule has 0 bridgehead atoms. The molecule has 0 radical (unpaired) electrons. The zero-order valence-electron chi connectivity index (χ0n) is 19.2. The van der Waals surface area contributed by atoms with Crippen molar-refractivity contribution in [2.24, 2.45) is 5.92 Å². The fourth-order valence-electron chi connectivity index (χ4n) is 4.00. The van der Waals surface area contributed by atoms with Gasteiger partial charge in [0.2, 0.25) is 15.9 Å². The number of hydrogen-bond donors (Lipinski definition) is 2. The molecule has 0 aliphatic carbocycles. The summed E-state index contributed by atoms with van der Waals surface area (Å²) in [5.41, 5.74) is 0.820. The van der Waals surface area contributed by atoms with Crippen molar-refractivity contribution < 1.29 is 32.2 Å². The van der Waals surface area contributed by atoms with Gasteiger partial charge in [0.1, 0.15) is 17.2 Å². The topological polar surface area (TPSA) is 123 Å². The van der Waals surface area contributed by atoms with Crippen LogP contribution in [-0.4, -0.2) is 58.0 Å². The Morgan fingerprint density at radius 2 is 1.85 bits per heavy atom. The van der Waals surface area contributed by atoms with Crippen LogP contribution in [0.15, 0.2) is 41.3 Å². The van der Waals surface area contributed by atoms with Gasteiger partial charge in [-0.3, -0.25) is 9.59 Å². The average molecular weight is 490 g/mol. The Hall–Kier alpha value is -3.31. The van der Waals surface area contributed by atoms with Crippen molar-refractivity contribution >= 4 is 33.2 Å². The minimum Gasteiger partial charge on any atom is -0.497 e. The van der Waals surface area contributed by atoms with Gasteiger partial charge in [0.25, 0.3) is 5.91 Å². The highest BCUT2D eigenvalue weighted by atomic mass is 32.2. The summed E-state index contributed by atoms with van der Waals surface area (Å²) in [5.74, 6) is 0.632. The molecule has 0 spiro atoms. The fourth-order valence-corrected chi connectivity index (χ4v) is 5.50. The summed E-state index contributed by atoms with van der Waals surface area (Å²) in [4.78, 5) is 24.8. The Morgan fingerprint density at radius 1 is 1.12 bits per heavy atom. The molecule has 10 nitrogen and oxygen atoms in total. The largest absolute Gasteiger partial charge is 0.497 e. The van der Waals surface area contributed by atoms with Crippen LogP contribution in [-0.2, 0) is 19.6 Å². The molecular formula is C23H27N3O7S. The number of methoxy groups -OCH3 is 2. The van der Waals surface area contributed by atoms with Crippen LogP contribution in [0.2, 0.25) is 0 Å². The van der Waals surface area contributed by atoms with Crippen LogP contribution in [0.5, 0.6) is 17.2 Å². The van der Waals surface area contributed by atoms with E-state index in [-0.39, 0.29) is 35.7 Å². The lowest BCUT2D eigenvalue weighted by Gasteiger charge is -2.31. The lowest BCUT2D eigenvalue weighted by molar-refractivity contribution is -0.123. The number of carbonyl (C=O) groups is 2. The SMILES string of the molecule is COc1ccc(OC)c(NC(=O)C2CCN(S(=O)(=O)c3ccc4c(c3)NC(=O)[C@H](C)O4)CC2)c1. The lowest BCUT2D eigenvalue weighted by Crippen LogP contribution is -2.41. The number of fused-ring (bicyclic) bond motifs is 1. The van der Waals surface area contributed by atoms with Gasteiger partial charge in [-0.05, 0) is 50.1 Å². The van der Waals surface area contributed by atoms with Gasteiger partial charge in [-0.2, -0.15) is 4.31 Å². The molecule has 34 heavy (non-hydrogen) atoms. The third-order valence-corrected chi connectivity index (χ3v) is 7.90. The molecule has 2 N–H and O–H groups in total. The van der Waals surface area contributed by atoms with Crippen LogP contribution in [0.4, 0.5) is 11.4 Å². The van der Waals surface area contributed by atoms with E-state index in [9.17, 15) is 18.0 Å². The molecule has 1 saturated heterocycles. The quantitative estimate of drug-likeness (QED) is 0.639. The first-order valence-corrected chi connectivity index (χ1v) is 12.3. The predicted octanol–water partition coefficient (Wildman–Crippen LogP) is 2.46. The van der Waals surface area contributed by atoms with Gasteiger partial charge in [-0.25, -0.2) is 8.42 Å². The van der Waals surface area contributed by atoms with Crippen molar-refractivity contribution in [3.8, 4) is 17.2 Å². The number of rotatable bonds is 6. The fraction of sp³-hybridized carbons (Fsp3) is 0.391. The molecule has 2 heterocycles. The molecule has 0 aromatic heterocycles. The third-order valence-electron chi connectivity index (χ3n) is 6.01. The number of benzene rings is 2. The number of hydrogen-bond acceptors (Lipinski definition) is 7. The smallest absolute Gasteiger partial charge is 0.265 e. The zero-order valence-corrected chi connectivity index (χ0v) is 20.0. The molecule has 2 aromatic carbocycles. The number of carbonyl (C=O) groups excluding carboxylic acids is 2. The second kappa shape index (κ2) is 9.51. The van der Waals surface area contributed by atoms with E-state index in [4.69, 9.17) is 14.2 Å². The van der Waals surface area contributed by atoms with Gasteiger partial charge in [0.15, 0.2) is 6.10 Å². The van der Waals surface area contributed by atoms with Crippen molar-refractivity contribution in [2.75, 3.05) is 37.9 Å². The molecule has 0 unspecified atom stereocenters. The van der Waals surface area contributed by atoms with Crippen molar-refractivity contribution in [3.05, 3.63) is 36.4 Å². The maximum Gasteiger partial charge on any atom is 0.265 e. The second-order valence-electron chi connectivity index (χ2n) is 8.14. The number of piperidine rings is 1. The summed E-state index contributed by atoms with van der Waals surface area (Å²) in [6.07, 6.45) is 0.108. The van der Waals surface area contributed by atoms with Crippen LogP contribution in [0.1, 0.15) is 19.8 Å². The number of anilines is 2. The monoisotopic (exact) mass is 489 g/mol. The Kier molecular flexibility index (Phi) is 6.67. The van der Waals surface area contributed by atoms with E-state index in [2.05, 4.69) is 10.6 Å². The second-order valence-corrected chi connectivity index (χ2v) is 10.1. The summed E-state index contributed by atoms with van der Waals surface area (Å²) < 4.78 is 43.7. The van der Waals surface area contributed by atoms with Gasteiger partial charge in [0.05, 0.1) is 30.5 Å². The van der Waals surface area contributed by atoms with E-state index in [0.717, 1.165) is 0 Å². The predicted molar refractivity (Wildman–Crippen MR) is 125 cm³/mol. The van der Waals surface area contributed by atoms with Crippen molar-refractivity contribution in [1.29, 1.82) is 0 Å². The first kappa shape index (κ1) is 23.8. The van der Waals surface area contributed by atoms with Crippen LogP contribution >= 0.6 is 0 Å². The van der Waals surface area contributed by atoms with E-state index in [1.165, 1.54) is 30.7 Å². The summed E-state index contributed by atoms with van der Waals surface area (Å²) in [6, 6.07) is 9.52. The summed E-state index contributed by atoms with van der Waals surface area (Å²) >= 11 is 0. The third kappa shape index (κ3) is 4.66. The lowest BCUT2D eigenvalue weighted by atomic mass is 9.97. The number of nitrogens with zero attached hydrogens (tertiary/aromatic N) is 1. The summed E-state index contributed by atoms with van der Waals surface area (Å²) in [5, 5.41) is 5.54. The Bertz CT molecular complexity index is 1210. The molecule has 182 valence electrons. The molecule has 2 aromatic rings. The molecule has 1 atom stereocenters. The maximum absolute atomic E-state index is 13.2. The van der Waals surface area contributed by atoms with Crippen molar-refractivity contribution in [2.45, 2.75) is 30.8 Å². The number of nitrogens with one attached hydrogen (secondary N) is 2. The molecule has 11 heteroatoms. The van der Waals surface area contributed by atoms with Crippen LogP contribution in [0.25, 0.3) is 0 Å². The normalized spacial score (nSPS) is 18.9. The van der Waals surface area contributed by atoms with E-state index in [1.807, 2.05) is 0 Å². The number of amides is 2. The molecule has 0 saturated carbocycles. The van der Waals surface area contributed by atoms with E-state index in [0.29, 0.717) is 41.5 Å². The zero-order chi connectivity index (χ0) is 24.5. The molecule has 1 fully saturated rings. The first-order valence-electron chi connectivity index (χ1n) is 10.9. The molecular weight excluding hydrogens is 462 g/mol. The van der Waals surface area contributed by atoms with Crippen LogP contribution in [0, 0.1) is 5.92 Å². The van der Waals surface area contributed by atoms with E-state index >= 15 is 0 Å². The van der Waals surface area contributed by atoms with Crippen molar-refractivity contribution in [1.82, 2.24) is 4.31 Å². The Morgan fingerprint density at radius 3 is 2.53 bits per heavy atom. The maximum atomic E-state index is 13.2. The highest BCUT2D eigenvalue weighted by molar-refractivity contribution is 7.89. The summed E-state index contributed by atoms with van der Waals surface area (Å²) in [7, 11) is -0.747. The minimum atomic E-state index is -3.80. The molecule has 2 aliphatic rings. The van der Waals surface area contributed by atoms with Crippen LogP contribution in [0.3, 0.4) is 0 Å².